The summed E-state index contributed by atoms with van der Waals surface area (Å²) in [6.07, 6.45) is 4.09. The predicted molar refractivity (Wildman–Crippen MR) is 59.3 cm³/mol. The van der Waals surface area contributed by atoms with Crippen molar-refractivity contribution in [3.8, 4) is 0 Å². The van der Waals surface area contributed by atoms with Crippen molar-refractivity contribution in [2.24, 2.45) is 7.05 Å². The number of carboxylic acid groups (broad SMARTS) is 1. The van der Waals surface area contributed by atoms with Gasteiger partial charge in [-0.25, -0.2) is 0 Å². The molecule has 1 saturated heterocycles. The molecule has 0 saturated carbocycles. The van der Waals surface area contributed by atoms with Crippen LogP contribution in [0.3, 0.4) is 0 Å². The minimum atomic E-state index is -0.748. The second kappa shape index (κ2) is 4.65. The molecule has 0 amide bonds. The molecule has 5 nitrogen and oxygen atoms in total. The van der Waals surface area contributed by atoms with Crippen molar-refractivity contribution >= 4 is 5.97 Å². The van der Waals surface area contributed by atoms with Gasteiger partial charge in [-0.05, 0) is 25.5 Å². The average Bonchev–Trinajstić information content (AvgIpc) is 2.64. The van der Waals surface area contributed by atoms with Gasteiger partial charge in [-0.2, -0.15) is 5.10 Å². The van der Waals surface area contributed by atoms with Crippen LogP contribution in [0.1, 0.15) is 24.5 Å². The van der Waals surface area contributed by atoms with E-state index in [1.807, 2.05) is 24.2 Å². The Morgan fingerprint density at radius 3 is 3.12 bits per heavy atom. The van der Waals surface area contributed by atoms with Gasteiger partial charge in [-0.15, -0.1) is 0 Å². The molecule has 0 spiro atoms. The Morgan fingerprint density at radius 2 is 2.50 bits per heavy atom. The van der Waals surface area contributed by atoms with Gasteiger partial charge in [-0.3, -0.25) is 14.4 Å². The van der Waals surface area contributed by atoms with Crippen LogP contribution in [0.2, 0.25) is 0 Å². The Bertz CT molecular complexity index is 375. The van der Waals surface area contributed by atoms with Crippen molar-refractivity contribution < 1.29 is 9.90 Å². The van der Waals surface area contributed by atoms with Crippen LogP contribution in [-0.2, 0) is 11.8 Å². The van der Waals surface area contributed by atoms with E-state index in [0.29, 0.717) is 5.92 Å². The van der Waals surface area contributed by atoms with Crippen LogP contribution < -0.4 is 0 Å². The number of piperidine rings is 1. The summed E-state index contributed by atoms with van der Waals surface area (Å²) in [6, 6.07) is 2.02. The largest absolute Gasteiger partial charge is 0.480 e. The topological polar surface area (TPSA) is 58.4 Å². The van der Waals surface area contributed by atoms with E-state index in [1.54, 1.807) is 4.68 Å². The summed E-state index contributed by atoms with van der Waals surface area (Å²) in [4.78, 5) is 12.6. The van der Waals surface area contributed by atoms with Crippen molar-refractivity contribution in [3.05, 3.63) is 18.0 Å². The highest BCUT2D eigenvalue weighted by atomic mass is 16.4. The van der Waals surface area contributed by atoms with E-state index in [2.05, 4.69) is 5.10 Å². The van der Waals surface area contributed by atoms with Gasteiger partial charge in [0.1, 0.15) is 0 Å². The summed E-state index contributed by atoms with van der Waals surface area (Å²) in [7, 11) is 1.90. The van der Waals surface area contributed by atoms with Crippen LogP contribution >= 0.6 is 0 Å². The number of hydrogen-bond acceptors (Lipinski definition) is 3. The number of aliphatic carboxylic acids is 1. The molecule has 1 N–H and O–H groups in total. The Morgan fingerprint density at radius 1 is 1.69 bits per heavy atom. The van der Waals surface area contributed by atoms with Gasteiger partial charge in [0.25, 0.3) is 0 Å². The fraction of sp³-hybridized carbons (Fsp3) is 0.636. The Kier molecular flexibility index (Phi) is 3.24. The molecule has 16 heavy (non-hydrogen) atoms. The van der Waals surface area contributed by atoms with Crippen molar-refractivity contribution in [2.75, 3.05) is 19.6 Å². The van der Waals surface area contributed by atoms with Gasteiger partial charge in [0.05, 0.1) is 12.2 Å². The lowest BCUT2D eigenvalue weighted by molar-refractivity contribution is -0.138. The molecule has 88 valence electrons. The summed E-state index contributed by atoms with van der Waals surface area (Å²) in [5, 5.41) is 13.2. The number of rotatable bonds is 3. The van der Waals surface area contributed by atoms with E-state index in [4.69, 9.17) is 5.11 Å². The summed E-state index contributed by atoms with van der Waals surface area (Å²) in [5.41, 5.74) is 1.08. The highest BCUT2D eigenvalue weighted by Gasteiger charge is 2.23. The van der Waals surface area contributed by atoms with E-state index < -0.39 is 5.97 Å². The summed E-state index contributed by atoms with van der Waals surface area (Å²) in [5.74, 6) is -0.365. The first-order valence-corrected chi connectivity index (χ1v) is 5.59. The Labute approximate surface area is 94.7 Å². The van der Waals surface area contributed by atoms with Crippen LogP contribution in [0.15, 0.2) is 12.3 Å². The third-order valence-electron chi connectivity index (χ3n) is 3.02. The number of nitrogens with zero attached hydrogens (tertiary/aromatic N) is 3. The monoisotopic (exact) mass is 223 g/mol. The standard InChI is InChI=1S/C11H17N3O2/c1-13-6-4-10(12-13)9-3-2-5-14(7-9)8-11(15)16/h4,6,9H,2-3,5,7-8H2,1H3,(H,15,16)/t9-/m0/s1. The third kappa shape index (κ3) is 2.61. The molecule has 0 radical (unpaired) electrons. The molecular weight excluding hydrogens is 206 g/mol. The molecule has 1 aromatic heterocycles. The van der Waals surface area contributed by atoms with Gasteiger partial charge in [0.2, 0.25) is 0 Å². The van der Waals surface area contributed by atoms with Gasteiger partial charge >= 0.3 is 5.97 Å². The van der Waals surface area contributed by atoms with Crippen molar-refractivity contribution in [1.29, 1.82) is 0 Å². The van der Waals surface area contributed by atoms with Crippen LogP contribution in [0, 0.1) is 0 Å². The fourth-order valence-electron chi connectivity index (χ4n) is 2.28. The van der Waals surface area contributed by atoms with E-state index in [0.717, 1.165) is 31.6 Å². The molecule has 1 aliphatic heterocycles. The highest BCUT2D eigenvalue weighted by molar-refractivity contribution is 5.69. The Hall–Kier alpha value is -1.36. The maximum absolute atomic E-state index is 10.7. The lowest BCUT2D eigenvalue weighted by Crippen LogP contribution is -2.38. The molecule has 1 atom stereocenters. The van der Waals surface area contributed by atoms with Crippen molar-refractivity contribution in [3.63, 3.8) is 0 Å². The predicted octanol–water partition coefficient (Wildman–Crippen LogP) is 0.684. The van der Waals surface area contributed by atoms with Crippen LogP contribution in [0.4, 0.5) is 0 Å². The van der Waals surface area contributed by atoms with E-state index in [1.165, 1.54) is 0 Å². The molecule has 5 heteroatoms. The normalized spacial score (nSPS) is 22.2. The number of aryl methyl sites for hydroxylation is 1. The number of carboxylic acids is 1. The first-order valence-electron chi connectivity index (χ1n) is 5.59. The number of aromatic nitrogens is 2. The second-order valence-corrected chi connectivity index (χ2v) is 4.38. The molecular formula is C11H17N3O2. The summed E-state index contributed by atoms with van der Waals surface area (Å²) >= 11 is 0. The lowest BCUT2D eigenvalue weighted by atomic mass is 9.95. The van der Waals surface area contributed by atoms with E-state index in [-0.39, 0.29) is 6.54 Å². The lowest BCUT2D eigenvalue weighted by Gasteiger charge is -2.30. The zero-order valence-electron chi connectivity index (χ0n) is 9.46. The minimum Gasteiger partial charge on any atom is -0.480 e. The molecule has 1 aromatic rings. The first kappa shape index (κ1) is 11.1. The average molecular weight is 223 g/mol. The molecule has 0 aliphatic carbocycles. The molecule has 1 fully saturated rings. The van der Waals surface area contributed by atoms with Crippen LogP contribution in [0.5, 0.6) is 0 Å². The maximum atomic E-state index is 10.7. The summed E-state index contributed by atoms with van der Waals surface area (Å²) in [6.45, 7) is 1.84. The van der Waals surface area contributed by atoms with E-state index in [9.17, 15) is 4.79 Å². The molecule has 0 aromatic carbocycles. The van der Waals surface area contributed by atoms with Gasteiger partial charge in [-0.1, -0.05) is 0 Å². The Balaban J connectivity index is 1.99. The van der Waals surface area contributed by atoms with Crippen molar-refractivity contribution in [1.82, 2.24) is 14.7 Å². The molecule has 2 rings (SSSR count). The minimum absolute atomic E-state index is 0.142. The quantitative estimate of drug-likeness (QED) is 0.818. The van der Waals surface area contributed by atoms with Gasteiger partial charge < -0.3 is 5.11 Å². The van der Waals surface area contributed by atoms with Crippen LogP contribution in [0.25, 0.3) is 0 Å². The van der Waals surface area contributed by atoms with Gasteiger partial charge in [0.15, 0.2) is 0 Å². The molecule has 0 unspecified atom stereocenters. The summed E-state index contributed by atoms with van der Waals surface area (Å²) < 4.78 is 1.80. The molecule has 2 heterocycles. The fourth-order valence-corrected chi connectivity index (χ4v) is 2.28. The maximum Gasteiger partial charge on any atom is 0.317 e. The molecule has 0 bridgehead atoms. The van der Waals surface area contributed by atoms with Crippen LogP contribution in [-0.4, -0.2) is 45.4 Å². The smallest absolute Gasteiger partial charge is 0.317 e. The van der Waals surface area contributed by atoms with E-state index >= 15 is 0 Å². The second-order valence-electron chi connectivity index (χ2n) is 4.38. The number of likely N-dealkylation sites (tertiary alicyclic amines) is 1. The number of carbonyl (C=O) groups is 1. The highest BCUT2D eigenvalue weighted by Crippen LogP contribution is 2.25. The number of hydrogen-bond donors (Lipinski definition) is 1. The molecule has 1 aliphatic rings. The first-order chi connectivity index (χ1) is 7.65. The zero-order chi connectivity index (χ0) is 11.5. The third-order valence-corrected chi connectivity index (χ3v) is 3.02. The van der Waals surface area contributed by atoms with Gasteiger partial charge in [0, 0.05) is 25.7 Å². The van der Waals surface area contributed by atoms with Crippen molar-refractivity contribution in [2.45, 2.75) is 18.8 Å². The SMILES string of the molecule is Cn1ccc([C@H]2CCCN(CC(=O)O)C2)n1. The zero-order valence-corrected chi connectivity index (χ0v) is 9.46.